The molecule has 0 saturated carbocycles. The fourth-order valence-corrected chi connectivity index (χ4v) is 3.58. The number of hydrogen-bond acceptors (Lipinski definition) is 4. The largest absolute Gasteiger partial charge is 0.352 e. The minimum Gasteiger partial charge on any atom is -0.352 e. The van der Waals surface area contributed by atoms with Crippen molar-refractivity contribution in [2.24, 2.45) is 5.73 Å². The molecular weight excluding hydrogens is 386 g/mol. The molecule has 8 heteroatoms. The van der Waals surface area contributed by atoms with Crippen molar-refractivity contribution < 1.29 is 13.2 Å². The Morgan fingerprint density at radius 2 is 1.81 bits per heavy atom. The predicted molar refractivity (Wildman–Crippen MR) is 111 cm³/mol. The number of nitrogens with two attached hydrogens (primary N) is 1. The van der Waals surface area contributed by atoms with Crippen molar-refractivity contribution in [3.63, 3.8) is 0 Å². The lowest BCUT2D eigenvalue weighted by Gasteiger charge is -2.12. The summed E-state index contributed by atoms with van der Waals surface area (Å²) in [6, 6.07) is 11.6. The van der Waals surface area contributed by atoms with E-state index < -0.39 is 10.0 Å². The maximum atomic E-state index is 12.6. The third-order valence-corrected chi connectivity index (χ3v) is 5.33. The van der Waals surface area contributed by atoms with Gasteiger partial charge >= 0.3 is 0 Å². The predicted octanol–water partition coefficient (Wildman–Crippen LogP) is 2.99. The summed E-state index contributed by atoms with van der Waals surface area (Å²) >= 11 is 0. The van der Waals surface area contributed by atoms with E-state index in [-0.39, 0.29) is 23.2 Å². The molecule has 148 valence electrons. The topological polar surface area (TPSA) is 101 Å². The molecule has 27 heavy (non-hydrogen) atoms. The molecule has 2 aromatic rings. The highest BCUT2D eigenvalue weighted by Crippen LogP contribution is 2.20. The molecule has 0 saturated heterocycles. The molecule has 2 aromatic carbocycles. The SMILES string of the molecule is Cc1cccc(NS(=O)(=O)c2ccc(C)c(C(=O)NCCCCN)c2)c1.Cl. The van der Waals surface area contributed by atoms with Crippen LogP contribution >= 0.6 is 12.4 Å². The lowest BCUT2D eigenvalue weighted by atomic mass is 10.1. The van der Waals surface area contributed by atoms with Crippen molar-refractivity contribution in [2.45, 2.75) is 31.6 Å². The molecule has 0 aromatic heterocycles. The van der Waals surface area contributed by atoms with Gasteiger partial charge < -0.3 is 11.1 Å². The molecule has 1 amide bonds. The fourth-order valence-electron chi connectivity index (χ4n) is 2.50. The number of benzene rings is 2. The highest BCUT2D eigenvalue weighted by molar-refractivity contribution is 7.92. The lowest BCUT2D eigenvalue weighted by molar-refractivity contribution is 0.0952. The van der Waals surface area contributed by atoms with Crippen LogP contribution in [0.15, 0.2) is 47.4 Å². The first-order valence-electron chi connectivity index (χ1n) is 8.52. The Morgan fingerprint density at radius 3 is 2.48 bits per heavy atom. The van der Waals surface area contributed by atoms with E-state index in [0.717, 1.165) is 24.0 Å². The molecule has 0 bridgehead atoms. The summed E-state index contributed by atoms with van der Waals surface area (Å²) in [6.07, 6.45) is 1.61. The van der Waals surface area contributed by atoms with Crippen LogP contribution in [0.25, 0.3) is 0 Å². The average molecular weight is 412 g/mol. The number of carbonyl (C=O) groups is 1. The summed E-state index contributed by atoms with van der Waals surface area (Å²) in [5, 5.41) is 2.80. The molecule has 2 rings (SSSR count). The maximum absolute atomic E-state index is 12.6. The number of aryl methyl sites for hydroxylation is 2. The first-order chi connectivity index (χ1) is 12.3. The van der Waals surface area contributed by atoms with Gasteiger partial charge in [0.15, 0.2) is 0 Å². The summed E-state index contributed by atoms with van der Waals surface area (Å²) in [7, 11) is -3.78. The second-order valence-corrected chi connectivity index (χ2v) is 7.89. The third-order valence-electron chi connectivity index (χ3n) is 3.95. The summed E-state index contributed by atoms with van der Waals surface area (Å²) in [6.45, 7) is 4.75. The summed E-state index contributed by atoms with van der Waals surface area (Å²) in [5.41, 5.74) is 7.94. The van der Waals surface area contributed by atoms with Crippen molar-refractivity contribution in [3.8, 4) is 0 Å². The van der Waals surface area contributed by atoms with Crippen LogP contribution < -0.4 is 15.8 Å². The number of rotatable bonds is 8. The van der Waals surface area contributed by atoms with E-state index >= 15 is 0 Å². The van der Waals surface area contributed by atoms with E-state index in [9.17, 15) is 13.2 Å². The number of unbranched alkanes of at least 4 members (excludes halogenated alkanes) is 1. The molecule has 0 heterocycles. The van der Waals surface area contributed by atoms with Crippen LogP contribution in [-0.2, 0) is 10.0 Å². The van der Waals surface area contributed by atoms with E-state index in [2.05, 4.69) is 10.0 Å². The van der Waals surface area contributed by atoms with Gasteiger partial charge in [-0.3, -0.25) is 9.52 Å². The van der Waals surface area contributed by atoms with Crippen LogP contribution in [0, 0.1) is 13.8 Å². The molecule has 0 fully saturated rings. The van der Waals surface area contributed by atoms with E-state index in [1.165, 1.54) is 12.1 Å². The Hall–Kier alpha value is -2.09. The smallest absolute Gasteiger partial charge is 0.261 e. The number of nitrogens with one attached hydrogen (secondary N) is 2. The second kappa shape index (κ2) is 10.3. The first-order valence-corrected chi connectivity index (χ1v) is 10.0. The molecule has 0 aliphatic carbocycles. The molecule has 0 spiro atoms. The summed E-state index contributed by atoms with van der Waals surface area (Å²) in [5.74, 6) is -0.285. The Bertz CT molecular complexity index is 886. The van der Waals surface area contributed by atoms with Crippen molar-refractivity contribution >= 4 is 34.0 Å². The Balaban J connectivity index is 0.00000364. The minimum absolute atomic E-state index is 0. The molecule has 0 aliphatic rings. The van der Waals surface area contributed by atoms with E-state index in [4.69, 9.17) is 5.73 Å². The van der Waals surface area contributed by atoms with Gasteiger partial charge in [0, 0.05) is 17.8 Å². The molecule has 0 aliphatic heterocycles. The van der Waals surface area contributed by atoms with Gasteiger partial charge in [-0.1, -0.05) is 18.2 Å². The molecule has 0 radical (unpaired) electrons. The molecule has 4 N–H and O–H groups in total. The van der Waals surface area contributed by atoms with Crippen LogP contribution in [0.2, 0.25) is 0 Å². The molecule has 0 atom stereocenters. The Morgan fingerprint density at radius 1 is 1.07 bits per heavy atom. The van der Waals surface area contributed by atoms with Crippen LogP contribution in [0.1, 0.15) is 34.3 Å². The number of sulfonamides is 1. The zero-order valence-corrected chi connectivity index (χ0v) is 17.1. The van der Waals surface area contributed by atoms with Crippen molar-refractivity contribution in [2.75, 3.05) is 17.8 Å². The fraction of sp³-hybridized carbons (Fsp3) is 0.316. The van der Waals surface area contributed by atoms with Gasteiger partial charge in [0.05, 0.1) is 4.90 Å². The first kappa shape index (κ1) is 23.0. The Kier molecular flexibility index (Phi) is 8.75. The van der Waals surface area contributed by atoms with E-state index in [1.807, 2.05) is 13.0 Å². The minimum atomic E-state index is -3.78. The zero-order chi connectivity index (χ0) is 19.2. The molecule has 0 unspecified atom stereocenters. The summed E-state index contributed by atoms with van der Waals surface area (Å²) in [4.78, 5) is 12.4. The number of halogens is 1. The van der Waals surface area contributed by atoms with Gasteiger partial charge in [-0.25, -0.2) is 8.42 Å². The average Bonchev–Trinajstić information content (AvgIpc) is 2.58. The quantitative estimate of drug-likeness (QED) is 0.581. The number of carbonyl (C=O) groups excluding carboxylic acids is 1. The summed E-state index contributed by atoms with van der Waals surface area (Å²) < 4.78 is 27.8. The van der Waals surface area contributed by atoms with Crippen LogP contribution in [0.4, 0.5) is 5.69 Å². The van der Waals surface area contributed by atoms with Gasteiger partial charge in [-0.15, -0.1) is 12.4 Å². The van der Waals surface area contributed by atoms with Gasteiger partial charge in [-0.05, 0) is 68.6 Å². The number of anilines is 1. The number of hydrogen-bond donors (Lipinski definition) is 3. The van der Waals surface area contributed by atoms with Crippen LogP contribution in [-0.4, -0.2) is 27.4 Å². The van der Waals surface area contributed by atoms with E-state index in [0.29, 0.717) is 24.3 Å². The van der Waals surface area contributed by atoms with Crippen molar-refractivity contribution in [3.05, 3.63) is 59.2 Å². The third kappa shape index (κ3) is 6.53. The van der Waals surface area contributed by atoms with Gasteiger partial charge in [0.25, 0.3) is 15.9 Å². The number of amides is 1. The molecule has 6 nitrogen and oxygen atoms in total. The van der Waals surface area contributed by atoms with Crippen molar-refractivity contribution in [1.82, 2.24) is 5.32 Å². The molecular formula is C19H26ClN3O3S. The highest BCUT2D eigenvalue weighted by Gasteiger charge is 2.18. The monoisotopic (exact) mass is 411 g/mol. The van der Waals surface area contributed by atoms with Gasteiger partial charge in [0.1, 0.15) is 0 Å². The highest BCUT2D eigenvalue weighted by atomic mass is 35.5. The lowest BCUT2D eigenvalue weighted by Crippen LogP contribution is -2.26. The van der Waals surface area contributed by atoms with Gasteiger partial charge in [0.2, 0.25) is 0 Å². The van der Waals surface area contributed by atoms with Crippen LogP contribution in [0.3, 0.4) is 0 Å². The van der Waals surface area contributed by atoms with Gasteiger partial charge in [-0.2, -0.15) is 0 Å². The standard InChI is InChI=1S/C19H25N3O3S.ClH/c1-14-6-5-7-16(12-14)22-26(24,25)17-9-8-15(2)18(13-17)19(23)21-11-4-3-10-20;/h5-9,12-13,22H,3-4,10-11,20H2,1-2H3,(H,21,23);1H. The van der Waals surface area contributed by atoms with Crippen molar-refractivity contribution in [1.29, 1.82) is 0 Å². The Labute approximate surface area is 167 Å². The normalized spacial score (nSPS) is 10.8. The van der Waals surface area contributed by atoms with E-state index in [1.54, 1.807) is 31.2 Å². The maximum Gasteiger partial charge on any atom is 0.261 e. The second-order valence-electron chi connectivity index (χ2n) is 6.20. The van der Waals surface area contributed by atoms with Crippen LogP contribution in [0.5, 0.6) is 0 Å². The zero-order valence-electron chi connectivity index (χ0n) is 15.5.